The second-order valence-electron chi connectivity index (χ2n) is 7.11. The van der Waals surface area contributed by atoms with E-state index < -0.39 is 0 Å². The summed E-state index contributed by atoms with van der Waals surface area (Å²) in [6, 6.07) is 0.627. The maximum atomic E-state index is 9.81. The molecule has 108 valence electrons. The second kappa shape index (κ2) is 6.91. The lowest BCUT2D eigenvalue weighted by atomic mass is 9.69. The van der Waals surface area contributed by atoms with Gasteiger partial charge in [-0.25, -0.2) is 0 Å². The zero-order valence-electron chi connectivity index (χ0n) is 13.0. The highest BCUT2D eigenvalue weighted by atomic mass is 16.3. The summed E-state index contributed by atoms with van der Waals surface area (Å²) < 4.78 is 0. The molecule has 0 amide bonds. The molecule has 1 aliphatic carbocycles. The fourth-order valence-corrected chi connectivity index (χ4v) is 2.89. The van der Waals surface area contributed by atoms with E-state index in [0.29, 0.717) is 17.4 Å². The molecule has 0 radical (unpaired) electrons. The minimum Gasteiger partial charge on any atom is -0.392 e. The van der Waals surface area contributed by atoms with Gasteiger partial charge in [0, 0.05) is 12.6 Å². The van der Waals surface area contributed by atoms with Gasteiger partial charge in [-0.3, -0.25) is 0 Å². The van der Waals surface area contributed by atoms with Crippen LogP contribution in [0.15, 0.2) is 0 Å². The van der Waals surface area contributed by atoms with Crippen LogP contribution in [0.1, 0.15) is 66.7 Å². The zero-order valence-corrected chi connectivity index (χ0v) is 13.0. The van der Waals surface area contributed by atoms with Gasteiger partial charge in [-0.1, -0.05) is 41.0 Å². The Hall–Kier alpha value is -0.0800. The Bertz CT molecular complexity index is 229. The van der Waals surface area contributed by atoms with Crippen molar-refractivity contribution in [2.24, 2.45) is 17.3 Å². The van der Waals surface area contributed by atoms with Crippen LogP contribution >= 0.6 is 0 Å². The first-order valence-electron chi connectivity index (χ1n) is 7.78. The van der Waals surface area contributed by atoms with Crippen molar-refractivity contribution in [3.8, 4) is 0 Å². The van der Waals surface area contributed by atoms with Crippen LogP contribution in [0.2, 0.25) is 0 Å². The Labute approximate surface area is 114 Å². The normalized spacial score (nSPS) is 27.5. The van der Waals surface area contributed by atoms with E-state index in [2.05, 4.69) is 39.9 Å². The summed E-state index contributed by atoms with van der Waals surface area (Å²) in [6.45, 7) is 12.0. The highest BCUT2D eigenvalue weighted by Crippen LogP contribution is 2.40. The molecule has 1 aliphatic rings. The van der Waals surface area contributed by atoms with Crippen molar-refractivity contribution in [3.63, 3.8) is 0 Å². The van der Waals surface area contributed by atoms with E-state index in [1.807, 2.05) is 0 Å². The molecule has 1 unspecified atom stereocenters. The fraction of sp³-hybridized carbons (Fsp3) is 1.00. The van der Waals surface area contributed by atoms with Crippen LogP contribution in [0.4, 0.5) is 0 Å². The molecule has 0 spiro atoms. The van der Waals surface area contributed by atoms with E-state index in [-0.39, 0.29) is 6.10 Å². The molecule has 0 aromatic carbocycles. The largest absolute Gasteiger partial charge is 0.392 e. The van der Waals surface area contributed by atoms with E-state index in [1.54, 1.807) is 0 Å². The minimum atomic E-state index is -0.199. The summed E-state index contributed by atoms with van der Waals surface area (Å²) in [4.78, 5) is 0. The van der Waals surface area contributed by atoms with Crippen LogP contribution in [0.5, 0.6) is 0 Å². The van der Waals surface area contributed by atoms with Crippen molar-refractivity contribution in [1.82, 2.24) is 5.32 Å². The van der Waals surface area contributed by atoms with Crippen molar-refractivity contribution in [2.45, 2.75) is 78.9 Å². The molecule has 1 rings (SSSR count). The SMILES string of the molecule is CCC(C)(C)C1CCC(NCC(O)C(C)C)CC1. The number of nitrogens with one attached hydrogen (secondary N) is 1. The standard InChI is InChI=1S/C16H33NO/c1-6-16(4,5)13-7-9-14(10-8-13)17-11-15(18)12(2)3/h12-15,17-18H,6-11H2,1-5H3. The first-order chi connectivity index (χ1) is 8.36. The second-order valence-corrected chi connectivity index (χ2v) is 7.11. The molecule has 0 heterocycles. The molecule has 2 N–H and O–H groups in total. The van der Waals surface area contributed by atoms with Crippen LogP contribution in [0, 0.1) is 17.3 Å². The Morgan fingerprint density at radius 2 is 1.72 bits per heavy atom. The van der Waals surface area contributed by atoms with Crippen molar-refractivity contribution < 1.29 is 5.11 Å². The van der Waals surface area contributed by atoms with Gasteiger partial charge in [-0.15, -0.1) is 0 Å². The third-order valence-corrected chi connectivity index (χ3v) is 5.13. The van der Waals surface area contributed by atoms with Gasteiger partial charge in [0.25, 0.3) is 0 Å². The van der Waals surface area contributed by atoms with Crippen LogP contribution in [-0.2, 0) is 0 Å². The van der Waals surface area contributed by atoms with Crippen LogP contribution < -0.4 is 5.32 Å². The van der Waals surface area contributed by atoms with Crippen LogP contribution in [-0.4, -0.2) is 23.8 Å². The third kappa shape index (κ3) is 4.55. The first kappa shape index (κ1) is 16.0. The predicted octanol–water partition coefficient (Wildman–Crippen LogP) is 3.59. The lowest BCUT2D eigenvalue weighted by Gasteiger charge is -2.39. The van der Waals surface area contributed by atoms with Crippen molar-refractivity contribution in [1.29, 1.82) is 0 Å². The van der Waals surface area contributed by atoms with Crippen molar-refractivity contribution in [3.05, 3.63) is 0 Å². The van der Waals surface area contributed by atoms with Gasteiger partial charge >= 0.3 is 0 Å². The van der Waals surface area contributed by atoms with Gasteiger partial charge < -0.3 is 10.4 Å². The van der Waals surface area contributed by atoms with E-state index in [1.165, 1.54) is 32.1 Å². The fourth-order valence-electron chi connectivity index (χ4n) is 2.89. The van der Waals surface area contributed by atoms with Gasteiger partial charge in [0.15, 0.2) is 0 Å². The molecule has 2 nitrogen and oxygen atoms in total. The Morgan fingerprint density at radius 1 is 1.17 bits per heavy atom. The third-order valence-electron chi connectivity index (χ3n) is 5.13. The molecule has 1 saturated carbocycles. The summed E-state index contributed by atoms with van der Waals surface area (Å²) in [5, 5.41) is 13.4. The number of hydrogen-bond acceptors (Lipinski definition) is 2. The molecule has 2 heteroatoms. The van der Waals surface area contributed by atoms with Gasteiger partial charge in [-0.2, -0.15) is 0 Å². The molecule has 0 bridgehead atoms. The van der Waals surface area contributed by atoms with Gasteiger partial charge in [0.05, 0.1) is 6.10 Å². The topological polar surface area (TPSA) is 32.3 Å². The monoisotopic (exact) mass is 255 g/mol. The lowest BCUT2D eigenvalue weighted by Crippen LogP contribution is -2.41. The van der Waals surface area contributed by atoms with Crippen LogP contribution in [0.25, 0.3) is 0 Å². The van der Waals surface area contributed by atoms with Crippen LogP contribution in [0.3, 0.4) is 0 Å². The van der Waals surface area contributed by atoms with E-state index in [4.69, 9.17) is 0 Å². The quantitative estimate of drug-likeness (QED) is 0.760. The van der Waals surface area contributed by atoms with Gasteiger partial charge in [0.1, 0.15) is 0 Å². The first-order valence-corrected chi connectivity index (χ1v) is 7.78. The minimum absolute atomic E-state index is 0.199. The molecule has 0 aromatic rings. The number of aliphatic hydroxyl groups is 1. The Kier molecular flexibility index (Phi) is 6.13. The molecule has 0 aromatic heterocycles. The Balaban J connectivity index is 2.27. The summed E-state index contributed by atoms with van der Waals surface area (Å²) in [5.74, 6) is 1.24. The lowest BCUT2D eigenvalue weighted by molar-refractivity contribution is 0.105. The highest BCUT2D eigenvalue weighted by Gasteiger charge is 2.31. The molecule has 1 fully saturated rings. The van der Waals surface area contributed by atoms with Gasteiger partial charge in [-0.05, 0) is 42.9 Å². The highest BCUT2D eigenvalue weighted by molar-refractivity contribution is 4.85. The molecular weight excluding hydrogens is 222 g/mol. The molecule has 18 heavy (non-hydrogen) atoms. The summed E-state index contributed by atoms with van der Waals surface area (Å²) in [5.41, 5.74) is 0.502. The van der Waals surface area contributed by atoms with E-state index >= 15 is 0 Å². The van der Waals surface area contributed by atoms with Gasteiger partial charge in [0.2, 0.25) is 0 Å². The summed E-state index contributed by atoms with van der Waals surface area (Å²) in [6.07, 6.45) is 6.32. The maximum absolute atomic E-state index is 9.81. The van der Waals surface area contributed by atoms with Crippen molar-refractivity contribution in [2.75, 3.05) is 6.54 Å². The molecular formula is C16H33NO. The summed E-state index contributed by atoms with van der Waals surface area (Å²) >= 11 is 0. The summed E-state index contributed by atoms with van der Waals surface area (Å²) in [7, 11) is 0. The molecule has 0 saturated heterocycles. The smallest absolute Gasteiger partial charge is 0.0687 e. The molecule has 0 aliphatic heterocycles. The van der Waals surface area contributed by atoms with E-state index in [9.17, 15) is 5.11 Å². The Morgan fingerprint density at radius 3 is 2.17 bits per heavy atom. The predicted molar refractivity (Wildman–Crippen MR) is 78.7 cm³/mol. The number of aliphatic hydroxyl groups excluding tert-OH is 1. The van der Waals surface area contributed by atoms with E-state index in [0.717, 1.165) is 12.5 Å². The average molecular weight is 255 g/mol. The molecule has 1 atom stereocenters. The number of rotatable bonds is 6. The maximum Gasteiger partial charge on any atom is 0.0687 e. The van der Waals surface area contributed by atoms with Crippen molar-refractivity contribution >= 4 is 0 Å². The number of hydrogen-bond donors (Lipinski definition) is 2. The average Bonchev–Trinajstić information content (AvgIpc) is 2.36. The zero-order chi connectivity index (χ0) is 13.8.